The van der Waals surface area contributed by atoms with Crippen LogP contribution in [0.15, 0.2) is 231 Å². The monoisotopic (exact) mass is 758 g/mol. The van der Waals surface area contributed by atoms with E-state index in [1.165, 1.54) is 59.2 Å². The van der Waals surface area contributed by atoms with Crippen LogP contribution in [0.4, 0.5) is 34.1 Å². The molecule has 0 aliphatic heterocycles. The van der Waals surface area contributed by atoms with Gasteiger partial charge in [-0.05, 0) is 100 Å². The van der Waals surface area contributed by atoms with E-state index in [2.05, 4.69) is 240 Å². The van der Waals surface area contributed by atoms with E-state index in [-0.39, 0.29) is 0 Å². The van der Waals surface area contributed by atoms with Gasteiger partial charge >= 0.3 is 0 Å². The molecule has 58 heavy (non-hydrogen) atoms. The van der Waals surface area contributed by atoms with Crippen molar-refractivity contribution in [3.8, 4) is 11.1 Å². The summed E-state index contributed by atoms with van der Waals surface area (Å²) < 4.78 is 2.57. The summed E-state index contributed by atoms with van der Waals surface area (Å²) in [5.74, 6) is 0. The molecule has 3 heteroatoms. The van der Waals surface area contributed by atoms with E-state index >= 15 is 0 Å². The molecule has 9 aromatic carbocycles. The topological polar surface area (TPSA) is 6.48 Å². The molecule has 274 valence electrons. The second-order valence-electron chi connectivity index (χ2n) is 14.9. The van der Waals surface area contributed by atoms with Crippen molar-refractivity contribution >= 4 is 65.6 Å². The van der Waals surface area contributed by atoms with Crippen LogP contribution in [-0.4, -0.2) is 0 Å². The van der Waals surface area contributed by atoms with Crippen molar-refractivity contribution in [2.45, 2.75) is 5.41 Å². The number of hydrogen-bond donors (Lipinski definition) is 0. The molecule has 0 saturated heterocycles. The van der Waals surface area contributed by atoms with E-state index < -0.39 is 5.41 Å². The van der Waals surface area contributed by atoms with Gasteiger partial charge in [0.2, 0.25) is 0 Å². The number of hydrogen-bond acceptors (Lipinski definition) is 3. The zero-order valence-electron chi connectivity index (χ0n) is 31.7. The number of para-hydroxylation sites is 2. The van der Waals surface area contributed by atoms with E-state index in [4.69, 9.17) is 0 Å². The summed E-state index contributed by atoms with van der Waals surface area (Å²) in [5, 5.41) is 2.57. The van der Waals surface area contributed by atoms with E-state index in [0.717, 1.165) is 28.4 Å². The number of anilines is 6. The minimum Gasteiger partial charge on any atom is -0.310 e. The van der Waals surface area contributed by atoms with Crippen molar-refractivity contribution in [2.24, 2.45) is 0 Å². The zero-order chi connectivity index (χ0) is 38.5. The van der Waals surface area contributed by atoms with Crippen molar-refractivity contribution in [2.75, 3.05) is 9.80 Å². The summed E-state index contributed by atoms with van der Waals surface area (Å²) in [4.78, 5) is 4.82. The Bertz CT molecular complexity index is 3030. The molecule has 10 aromatic rings. The Balaban J connectivity index is 1.12. The highest BCUT2D eigenvalue weighted by atomic mass is 32.1. The number of fused-ring (bicyclic) bond motifs is 6. The van der Waals surface area contributed by atoms with Crippen molar-refractivity contribution in [1.82, 2.24) is 0 Å². The fraction of sp³-hybridized carbons (Fsp3) is 0.0182. The van der Waals surface area contributed by atoms with Crippen molar-refractivity contribution < 1.29 is 0 Å². The first kappa shape index (κ1) is 34.1. The quantitative estimate of drug-likeness (QED) is 0.152. The number of nitrogens with zero attached hydrogens (tertiary/aromatic N) is 2. The third-order valence-corrected chi connectivity index (χ3v) is 12.9. The smallest absolute Gasteiger partial charge is 0.0714 e. The maximum absolute atomic E-state index is 2.42. The molecular weight excluding hydrogens is 721 g/mol. The molecule has 0 atom stereocenters. The molecule has 0 fully saturated rings. The van der Waals surface area contributed by atoms with Crippen LogP contribution in [0.2, 0.25) is 0 Å². The van der Waals surface area contributed by atoms with Crippen LogP contribution in [0.1, 0.15) is 22.3 Å². The second kappa shape index (κ2) is 14.1. The molecule has 2 nitrogen and oxygen atoms in total. The van der Waals surface area contributed by atoms with Crippen LogP contribution in [0.3, 0.4) is 0 Å². The van der Waals surface area contributed by atoms with Crippen LogP contribution in [-0.2, 0) is 5.41 Å². The Hall–Kier alpha value is -7.20. The van der Waals surface area contributed by atoms with Gasteiger partial charge in [0, 0.05) is 43.9 Å². The first-order chi connectivity index (χ1) is 28.8. The van der Waals surface area contributed by atoms with E-state index in [9.17, 15) is 0 Å². The van der Waals surface area contributed by atoms with Crippen molar-refractivity contribution in [3.05, 3.63) is 253 Å². The highest BCUT2D eigenvalue weighted by molar-refractivity contribution is 7.26. The molecular formula is C55H38N2S. The van der Waals surface area contributed by atoms with Gasteiger partial charge in [0.15, 0.2) is 0 Å². The first-order valence-corrected chi connectivity index (χ1v) is 20.7. The summed E-state index contributed by atoms with van der Waals surface area (Å²) in [6, 6.07) is 84.1. The SMILES string of the molecule is c1ccc(N(c2cccc(N(c3ccccc3)c3cccc4c3sc3ccccc34)c2)c2cccc(C3(c4ccccc4)c4ccccc4-c4ccccc43)c2)cc1. The molecule has 0 unspecified atom stereocenters. The molecule has 1 aromatic heterocycles. The normalized spacial score (nSPS) is 12.6. The third-order valence-electron chi connectivity index (χ3n) is 11.7. The summed E-state index contributed by atoms with van der Waals surface area (Å²) in [6.07, 6.45) is 0. The van der Waals surface area contributed by atoms with Gasteiger partial charge in [0.1, 0.15) is 0 Å². The van der Waals surface area contributed by atoms with Gasteiger partial charge < -0.3 is 9.80 Å². The Morgan fingerprint density at radius 2 is 0.793 bits per heavy atom. The summed E-state index contributed by atoms with van der Waals surface area (Å²) in [5.41, 5.74) is 13.8. The van der Waals surface area contributed by atoms with E-state index in [1.807, 2.05) is 11.3 Å². The molecule has 1 aliphatic rings. The van der Waals surface area contributed by atoms with Gasteiger partial charge in [-0.15, -0.1) is 11.3 Å². The minimum atomic E-state index is -0.498. The standard InChI is InChI=1S/C55H38N2S/c1-4-19-39(20-5-1)55(50-33-13-10-29-46(50)47-30-11-14-34-51(47)55)40-21-16-26-43(37-40)56(41-22-6-2-7-23-41)44-27-17-28-45(38-44)57(42-24-8-3-9-25-42)52-35-18-32-49-48-31-12-15-36-53(48)58-54(49)52/h1-38H. The Morgan fingerprint density at radius 1 is 0.328 bits per heavy atom. The predicted octanol–water partition coefficient (Wildman–Crippen LogP) is 15.4. The maximum atomic E-state index is 2.42. The van der Waals surface area contributed by atoms with Gasteiger partial charge in [-0.25, -0.2) is 0 Å². The summed E-state index contributed by atoms with van der Waals surface area (Å²) >= 11 is 1.86. The van der Waals surface area contributed by atoms with Crippen LogP contribution in [0, 0.1) is 0 Å². The second-order valence-corrected chi connectivity index (χ2v) is 15.9. The Kier molecular flexibility index (Phi) is 8.27. The lowest BCUT2D eigenvalue weighted by Gasteiger charge is -2.35. The molecule has 1 aliphatic carbocycles. The number of rotatable bonds is 8. The molecule has 0 spiro atoms. The molecule has 1 heterocycles. The molecule has 11 rings (SSSR count). The van der Waals surface area contributed by atoms with Crippen LogP contribution in [0.25, 0.3) is 31.3 Å². The Labute approximate surface area is 343 Å². The minimum absolute atomic E-state index is 0.498. The van der Waals surface area contributed by atoms with Crippen LogP contribution < -0.4 is 9.80 Å². The number of benzene rings is 9. The fourth-order valence-corrected chi connectivity index (χ4v) is 10.5. The first-order valence-electron chi connectivity index (χ1n) is 19.9. The third kappa shape index (κ3) is 5.39. The van der Waals surface area contributed by atoms with Gasteiger partial charge in [0.05, 0.1) is 15.8 Å². The predicted molar refractivity (Wildman–Crippen MR) is 246 cm³/mol. The summed E-state index contributed by atoms with van der Waals surface area (Å²) in [7, 11) is 0. The largest absolute Gasteiger partial charge is 0.310 e. The number of thiophene rings is 1. The lowest BCUT2D eigenvalue weighted by atomic mass is 9.67. The van der Waals surface area contributed by atoms with Crippen LogP contribution in [0.5, 0.6) is 0 Å². The highest BCUT2D eigenvalue weighted by Gasteiger charge is 2.46. The van der Waals surface area contributed by atoms with E-state index in [0.29, 0.717) is 0 Å². The average Bonchev–Trinajstić information content (AvgIpc) is 3.83. The molecule has 0 bridgehead atoms. The lowest BCUT2D eigenvalue weighted by Crippen LogP contribution is -2.28. The lowest BCUT2D eigenvalue weighted by molar-refractivity contribution is 0.768. The fourth-order valence-electron chi connectivity index (χ4n) is 9.30. The maximum Gasteiger partial charge on any atom is 0.0714 e. The zero-order valence-corrected chi connectivity index (χ0v) is 32.6. The van der Waals surface area contributed by atoms with Crippen molar-refractivity contribution in [1.29, 1.82) is 0 Å². The Morgan fingerprint density at radius 3 is 1.48 bits per heavy atom. The molecule has 0 N–H and O–H groups in total. The molecule has 0 saturated carbocycles. The van der Waals surface area contributed by atoms with Gasteiger partial charge in [0.25, 0.3) is 0 Å². The van der Waals surface area contributed by atoms with Crippen LogP contribution >= 0.6 is 11.3 Å². The average molecular weight is 759 g/mol. The van der Waals surface area contributed by atoms with E-state index in [1.54, 1.807) is 0 Å². The highest BCUT2D eigenvalue weighted by Crippen LogP contribution is 2.56. The summed E-state index contributed by atoms with van der Waals surface area (Å²) in [6.45, 7) is 0. The molecule has 0 amide bonds. The van der Waals surface area contributed by atoms with Crippen molar-refractivity contribution in [3.63, 3.8) is 0 Å². The van der Waals surface area contributed by atoms with Gasteiger partial charge in [-0.2, -0.15) is 0 Å². The van der Waals surface area contributed by atoms with Gasteiger partial charge in [-0.1, -0.05) is 164 Å². The van der Waals surface area contributed by atoms with Gasteiger partial charge in [-0.3, -0.25) is 0 Å². The molecule has 0 radical (unpaired) electrons.